The topological polar surface area (TPSA) is 62.5 Å². The maximum atomic E-state index is 14.0. The Morgan fingerprint density at radius 2 is 2.09 bits per heavy atom. The first-order chi connectivity index (χ1) is 11.0. The van der Waals surface area contributed by atoms with Crippen molar-refractivity contribution in [2.24, 2.45) is 0 Å². The third-order valence-corrected chi connectivity index (χ3v) is 4.40. The molecule has 2 atom stereocenters. The van der Waals surface area contributed by atoms with Gasteiger partial charge in [0, 0.05) is 18.0 Å². The number of carbonyl (C=O) groups excluding carboxylic acids is 1. The van der Waals surface area contributed by atoms with E-state index in [9.17, 15) is 14.3 Å². The van der Waals surface area contributed by atoms with Crippen LogP contribution in [0.1, 0.15) is 43.6 Å². The summed E-state index contributed by atoms with van der Waals surface area (Å²) in [5.41, 5.74) is -0.300. The SMILES string of the molecule is CC(CC(O)c1ccco1)NC(=O)C1(c2ccccc2F)CC1. The lowest BCUT2D eigenvalue weighted by atomic mass is 9.94. The molecule has 2 unspecified atom stereocenters. The lowest BCUT2D eigenvalue weighted by Gasteiger charge is -2.21. The first-order valence-corrected chi connectivity index (χ1v) is 7.80. The standard InChI is InChI=1S/C18H20FNO3/c1-12(11-15(21)16-7-4-10-23-16)20-17(22)18(8-9-18)13-5-2-3-6-14(13)19/h2-7,10,12,15,21H,8-9,11H2,1H3,(H,20,22). The number of nitrogens with one attached hydrogen (secondary N) is 1. The fourth-order valence-corrected chi connectivity index (χ4v) is 2.95. The average molecular weight is 317 g/mol. The smallest absolute Gasteiger partial charge is 0.230 e. The van der Waals surface area contributed by atoms with E-state index in [1.807, 2.05) is 6.92 Å². The van der Waals surface area contributed by atoms with Crippen LogP contribution in [-0.2, 0) is 10.2 Å². The fraction of sp³-hybridized carbons (Fsp3) is 0.389. The van der Waals surface area contributed by atoms with Crippen molar-refractivity contribution in [1.29, 1.82) is 0 Å². The summed E-state index contributed by atoms with van der Waals surface area (Å²) in [6.45, 7) is 1.82. The number of benzene rings is 1. The van der Waals surface area contributed by atoms with Crippen LogP contribution in [-0.4, -0.2) is 17.1 Å². The van der Waals surface area contributed by atoms with Crippen LogP contribution in [0.4, 0.5) is 4.39 Å². The van der Waals surface area contributed by atoms with Crippen LogP contribution >= 0.6 is 0 Å². The summed E-state index contributed by atoms with van der Waals surface area (Å²) in [5, 5.41) is 13.0. The molecule has 3 rings (SSSR count). The van der Waals surface area contributed by atoms with E-state index in [0.717, 1.165) is 0 Å². The number of hydrogen-bond acceptors (Lipinski definition) is 3. The van der Waals surface area contributed by atoms with Crippen LogP contribution in [0.25, 0.3) is 0 Å². The number of rotatable bonds is 6. The van der Waals surface area contributed by atoms with Gasteiger partial charge in [0.15, 0.2) is 0 Å². The van der Waals surface area contributed by atoms with Crippen molar-refractivity contribution in [2.75, 3.05) is 0 Å². The molecule has 2 aromatic rings. The Kier molecular flexibility index (Phi) is 4.22. The highest BCUT2D eigenvalue weighted by atomic mass is 19.1. The van der Waals surface area contributed by atoms with Gasteiger partial charge in [0.05, 0.1) is 11.7 Å². The van der Waals surface area contributed by atoms with E-state index < -0.39 is 11.5 Å². The van der Waals surface area contributed by atoms with E-state index in [1.54, 1.807) is 30.3 Å². The van der Waals surface area contributed by atoms with Crippen LogP contribution in [0.3, 0.4) is 0 Å². The summed E-state index contributed by atoms with van der Waals surface area (Å²) in [5.74, 6) is -0.0495. The predicted molar refractivity (Wildman–Crippen MR) is 83.2 cm³/mol. The number of halogens is 1. The Hall–Kier alpha value is -2.14. The Bertz CT molecular complexity index is 679. The van der Waals surface area contributed by atoms with Crippen LogP contribution in [0, 0.1) is 5.82 Å². The van der Waals surface area contributed by atoms with Gasteiger partial charge in [-0.05, 0) is 38.0 Å². The van der Waals surface area contributed by atoms with Crippen molar-refractivity contribution in [3.63, 3.8) is 0 Å². The van der Waals surface area contributed by atoms with Crippen LogP contribution in [0.2, 0.25) is 0 Å². The molecule has 1 aliphatic rings. The minimum atomic E-state index is -0.774. The molecule has 1 aromatic heterocycles. The normalized spacial score (nSPS) is 18.2. The maximum absolute atomic E-state index is 14.0. The molecular formula is C18H20FNO3. The molecule has 23 heavy (non-hydrogen) atoms. The number of aliphatic hydroxyl groups excluding tert-OH is 1. The average Bonchev–Trinajstić information content (AvgIpc) is 3.13. The molecule has 1 heterocycles. The van der Waals surface area contributed by atoms with Crippen LogP contribution in [0.5, 0.6) is 0 Å². The van der Waals surface area contributed by atoms with Gasteiger partial charge in [0.2, 0.25) is 5.91 Å². The molecule has 0 spiro atoms. The summed E-state index contributed by atoms with van der Waals surface area (Å²) in [7, 11) is 0. The second-order valence-corrected chi connectivity index (χ2v) is 6.20. The third-order valence-electron chi connectivity index (χ3n) is 4.40. The highest BCUT2D eigenvalue weighted by Crippen LogP contribution is 2.49. The molecule has 0 radical (unpaired) electrons. The van der Waals surface area contributed by atoms with Gasteiger partial charge in [0.25, 0.3) is 0 Å². The van der Waals surface area contributed by atoms with Crippen LogP contribution in [0.15, 0.2) is 47.1 Å². The zero-order chi connectivity index (χ0) is 16.4. The summed E-state index contributed by atoms with van der Waals surface area (Å²) in [6.07, 6.45) is 2.36. The molecule has 1 amide bonds. The van der Waals surface area contributed by atoms with Crippen molar-refractivity contribution in [2.45, 2.75) is 43.7 Å². The van der Waals surface area contributed by atoms with Gasteiger partial charge in [0.1, 0.15) is 17.7 Å². The molecule has 2 N–H and O–H groups in total. The number of furan rings is 1. The number of hydrogen-bond donors (Lipinski definition) is 2. The van der Waals surface area contributed by atoms with E-state index >= 15 is 0 Å². The molecular weight excluding hydrogens is 297 g/mol. The van der Waals surface area contributed by atoms with Crippen molar-refractivity contribution in [3.05, 3.63) is 59.8 Å². The maximum Gasteiger partial charge on any atom is 0.230 e. The fourth-order valence-electron chi connectivity index (χ4n) is 2.95. The van der Waals surface area contributed by atoms with E-state index in [4.69, 9.17) is 4.42 Å². The monoisotopic (exact) mass is 317 g/mol. The highest BCUT2D eigenvalue weighted by molar-refractivity contribution is 5.91. The minimum absolute atomic E-state index is 0.179. The second kappa shape index (κ2) is 6.16. The second-order valence-electron chi connectivity index (χ2n) is 6.20. The minimum Gasteiger partial charge on any atom is -0.467 e. The van der Waals surface area contributed by atoms with Gasteiger partial charge in [-0.15, -0.1) is 0 Å². The Balaban J connectivity index is 1.64. The van der Waals surface area contributed by atoms with E-state index in [-0.39, 0.29) is 17.8 Å². The number of aliphatic hydroxyl groups is 1. The molecule has 1 fully saturated rings. The molecule has 4 nitrogen and oxygen atoms in total. The van der Waals surface area contributed by atoms with E-state index in [1.165, 1.54) is 12.3 Å². The Labute approximate surface area is 134 Å². The quantitative estimate of drug-likeness (QED) is 0.860. The van der Waals surface area contributed by atoms with Gasteiger partial charge in [-0.2, -0.15) is 0 Å². The molecule has 5 heteroatoms. The van der Waals surface area contributed by atoms with Gasteiger partial charge < -0.3 is 14.8 Å². The number of amides is 1. The largest absolute Gasteiger partial charge is 0.467 e. The summed E-state index contributed by atoms with van der Waals surface area (Å²) in [6, 6.07) is 9.58. The molecule has 0 aliphatic heterocycles. The van der Waals surface area contributed by atoms with Crippen LogP contribution < -0.4 is 5.32 Å². The molecule has 0 bridgehead atoms. The summed E-state index contributed by atoms with van der Waals surface area (Å²) < 4.78 is 19.1. The van der Waals surface area contributed by atoms with Crippen molar-refractivity contribution >= 4 is 5.91 Å². The van der Waals surface area contributed by atoms with Gasteiger partial charge in [-0.25, -0.2) is 4.39 Å². The lowest BCUT2D eigenvalue weighted by Crippen LogP contribution is -2.41. The van der Waals surface area contributed by atoms with Gasteiger partial charge in [-0.3, -0.25) is 4.79 Å². The van der Waals surface area contributed by atoms with Crippen molar-refractivity contribution in [1.82, 2.24) is 5.32 Å². The predicted octanol–water partition coefficient (Wildman–Crippen LogP) is 3.08. The third kappa shape index (κ3) is 3.15. The molecule has 122 valence electrons. The molecule has 0 saturated heterocycles. The summed E-state index contributed by atoms with van der Waals surface area (Å²) in [4.78, 5) is 12.6. The molecule has 1 saturated carbocycles. The zero-order valence-electron chi connectivity index (χ0n) is 13.0. The van der Waals surface area contributed by atoms with Crippen molar-refractivity contribution < 1.29 is 18.7 Å². The van der Waals surface area contributed by atoms with E-state index in [2.05, 4.69) is 5.32 Å². The van der Waals surface area contributed by atoms with E-state index in [0.29, 0.717) is 30.6 Å². The molecule has 1 aromatic carbocycles. The van der Waals surface area contributed by atoms with Gasteiger partial charge in [-0.1, -0.05) is 18.2 Å². The van der Waals surface area contributed by atoms with Gasteiger partial charge >= 0.3 is 0 Å². The first kappa shape index (κ1) is 15.7. The zero-order valence-corrected chi connectivity index (χ0v) is 13.0. The first-order valence-electron chi connectivity index (χ1n) is 7.80. The lowest BCUT2D eigenvalue weighted by molar-refractivity contribution is -0.124. The summed E-state index contributed by atoms with van der Waals surface area (Å²) >= 11 is 0. The Morgan fingerprint density at radius 3 is 2.70 bits per heavy atom. The highest BCUT2D eigenvalue weighted by Gasteiger charge is 2.52. The Morgan fingerprint density at radius 1 is 1.35 bits per heavy atom. The van der Waals surface area contributed by atoms with Crippen molar-refractivity contribution in [3.8, 4) is 0 Å². The molecule has 1 aliphatic carbocycles. The number of carbonyl (C=O) groups is 1.